The molecule has 1 saturated carbocycles. The molecule has 1 saturated heterocycles. The second kappa shape index (κ2) is 5.33. The number of nitrogens with one attached hydrogen (secondary N) is 1. The lowest BCUT2D eigenvalue weighted by atomic mass is 10.0. The van der Waals surface area contributed by atoms with Gasteiger partial charge in [0.25, 0.3) is 10.0 Å². The molecule has 0 bridgehead atoms. The molecule has 0 aromatic heterocycles. The van der Waals surface area contributed by atoms with Gasteiger partial charge >= 0.3 is 6.03 Å². The summed E-state index contributed by atoms with van der Waals surface area (Å²) in [7, 11) is -3.78. The molecule has 1 aromatic carbocycles. The first-order chi connectivity index (χ1) is 9.95. The number of carbonyl (C=O) groups excluding carboxylic acids is 1. The SMILES string of the molecule is Cc1ccc(S(=O)(=O)NC(=O)N2C[C@@H]3CCC[C@H]3C2)cc1. The molecule has 2 atom stereocenters. The third-order valence-corrected chi connectivity index (χ3v) is 5.90. The lowest BCUT2D eigenvalue weighted by molar-refractivity contribution is 0.211. The third-order valence-electron chi connectivity index (χ3n) is 4.57. The third kappa shape index (κ3) is 2.90. The minimum Gasteiger partial charge on any atom is -0.323 e. The number of carbonyl (C=O) groups is 1. The van der Waals surface area contributed by atoms with Crippen LogP contribution in [0, 0.1) is 18.8 Å². The van der Waals surface area contributed by atoms with Gasteiger partial charge in [0.1, 0.15) is 0 Å². The number of hydrogen-bond acceptors (Lipinski definition) is 3. The Morgan fingerprint density at radius 3 is 2.29 bits per heavy atom. The molecular weight excluding hydrogens is 288 g/mol. The van der Waals surface area contributed by atoms with E-state index in [0.29, 0.717) is 24.9 Å². The first-order valence-electron chi connectivity index (χ1n) is 7.34. The molecule has 1 aliphatic heterocycles. The summed E-state index contributed by atoms with van der Waals surface area (Å²) in [4.78, 5) is 13.9. The molecular formula is C15H20N2O3S. The molecule has 1 N–H and O–H groups in total. The number of amides is 2. The Bertz CT molecular complexity index is 627. The van der Waals surface area contributed by atoms with E-state index >= 15 is 0 Å². The van der Waals surface area contributed by atoms with E-state index in [-0.39, 0.29) is 4.90 Å². The van der Waals surface area contributed by atoms with Crippen molar-refractivity contribution < 1.29 is 13.2 Å². The van der Waals surface area contributed by atoms with Gasteiger partial charge in [-0.15, -0.1) is 0 Å². The standard InChI is InChI=1S/C15H20N2O3S/c1-11-5-7-14(8-6-11)21(19,20)16-15(18)17-9-12-3-2-4-13(12)10-17/h5-8,12-13H,2-4,9-10H2,1H3,(H,16,18)/t12-,13-/m0/s1. The second-order valence-electron chi connectivity index (χ2n) is 6.08. The summed E-state index contributed by atoms with van der Waals surface area (Å²) >= 11 is 0. The van der Waals surface area contributed by atoms with Gasteiger partial charge in [0.2, 0.25) is 0 Å². The largest absolute Gasteiger partial charge is 0.331 e. The van der Waals surface area contributed by atoms with E-state index in [0.717, 1.165) is 18.4 Å². The van der Waals surface area contributed by atoms with Crippen molar-refractivity contribution in [3.63, 3.8) is 0 Å². The van der Waals surface area contributed by atoms with Gasteiger partial charge in [0.05, 0.1) is 4.90 Å². The second-order valence-corrected chi connectivity index (χ2v) is 7.76. The van der Waals surface area contributed by atoms with Gasteiger partial charge in [-0.2, -0.15) is 0 Å². The molecule has 21 heavy (non-hydrogen) atoms. The number of hydrogen-bond donors (Lipinski definition) is 1. The Morgan fingerprint density at radius 1 is 1.14 bits per heavy atom. The summed E-state index contributed by atoms with van der Waals surface area (Å²) in [6.07, 6.45) is 3.53. The summed E-state index contributed by atoms with van der Waals surface area (Å²) in [5.41, 5.74) is 0.979. The number of sulfonamides is 1. The van der Waals surface area contributed by atoms with Crippen molar-refractivity contribution in [2.24, 2.45) is 11.8 Å². The van der Waals surface area contributed by atoms with Gasteiger partial charge < -0.3 is 4.90 Å². The van der Waals surface area contributed by atoms with Crippen LogP contribution < -0.4 is 4.72 Å². The predicted octanol–water partition coefficient (Wildman–Crippen LogP) is 2.13. The molecule has 2 fully saturated rings. The first-order valence-corrected chi connectivity index (χ1v) is 8.82. The highest BCUT2D eigenvalue weighted by Gasteiger charge is 2.38. The lowest BCUT2D eigenvalue weighted by Gasteiger charge is -2.18. The van der Waals surface area contributed by atoms with Crippen molar-refractivity contribution in [1.29, 1.82) is 0 Å². The van der Waals surface area contributed by atoms with Crippen LogP contribution in [0.1, 0.15) is 24.8 Å². The molecule has 114 valence electrons. The van der Waals surface area contributed by atoms with E-state index in [2.05, 4.69) is 4.72 Å². The fraction of sp³-hybridized carbons (Fsp3) is 0.533. The number of fused-ring (bicyclic) bond motifs is 1. The fourth-order valence-corrected chi connectivity index (χ4v) is 4.33. The van der Waals surface area contributed by atoms with E-state index in [1.807, 2.05) is 6.92 Å². The van der Waals surface area contributed by atoms with E-state index in [9.17, 15) is 13.2 Å². The van der Waals surface area contributed by atoms with Crippen LogP contribution in [0.25, 0.3) is 0 Å². The smallest absolute Gasteiger partial charge is 0.323 e. The highest BCUT2D eigenvalue weighted by molar-refractivity contribution is 7.90. The summed E-state index contributed by atoms with van der Waals surface area (Å²) in [6, 6.07) is 5.98. The van der Waals surface area contributed by atoms with Gasteiger partial charge in [-0.25, -0.2) is 17.9 Å². The van der Waals surface area contributed by atoms with Gasteiger partial charge in [-0.05, 0) is 43.7 Å². The molecule has 0 unspecified atom stereocenters. The maximum absolute atomic E-state index is 12.2. The zero-order valence-electron chi connectivity index (χ0n) is 12.1. The number of nitrogens with zero attached hydrogens (tertiary/aromatic N) is 1. The molecule has 2 amide bonds. The van der Waals surface area contributed by atoms with E-state index in [1.54, 1.807) is 17.0 Å². The molecule has 6 heteroatoms. The van der Waals surface area contributed by atoms with Crippen molar-refractivity contribution in [2.45, 2.75) is 31.1 Å². The minimum absolute atomic E-state index is 0.126. The van der Waals surface area contributed by atoms with Crippen LogP contribution in [0.3, 0.4) is 0 Å². The van der Waals surface area contributed by atoms with Crippen molar-refractivity contribution in [1.82, 2.24) is 9.62 Å². The van der Waals surface area contributed by atoms with E-state index in [1.165, 1.54) is 18.6 Å². The summed E-state index contributed by atoms with van der Waals surface area (Å²) in [5.74, 6) is 1.11. The van der Waals surface area contributed by atoms with Crippen LogP contribution >= 0.6 is 0 Å². The summed E-state index contributed by atoms with van der Waals surface area (Å²) < 4.78 is 26.6. The minimum atomic E-state index is -3.78. The van der Waals surface area contributed by atoms with Crippen molar-refractivity contribution in [3.05, 3.63) is 29.8 Å². The van der Waals surface area contributed by atoms with Crippen LogP contribution in [0.5, 0.6) is 0 Å². The van der Waals surface area contributed by atoms with Crippen molar-refractivity contribution in [2.75, 3.05) is 13.1 Å². The number of likely N-dealkylation sites (tertiary alicyclic amines) is 1. The number of benzene rings is 1. The summed E-state index contributed by atoms with van der Waals surface area (Å²) in [5, 5.41) is 0. The van der Waals surface area contributed by atoms with Crippen LogP contribution in [0.2, 0.25) is 0 Å². The van der Waals surface area contributed by atoms with E-state index in [4.69, 9.17) is 0 Å². The van der Waals surface area contributed by atoms with Crippen LogP contribution in [0.15, 0.2) is 29.2 Å². The molecule has 0 radical (unpaired) electrons. The summed E-state index contributed by atoms with van der Waals surface area (Å²) in [6.45, 7) is 3.25. The highest BCUT2D eigenvalue weighted by atomic mass is 32.2. The first kappa shape index (κ1) is 14.4. The molecule has 1 heterocycles. The zero-order valence-corrected chi connectivity index (χ0v) is 12.9. The van der Waals surface area contributed by atoms with Crippen LogP contribution in [-0.2, 0) is 10.0 Å². The lowest BCUT2D eigenvalue weighted by Crippen LogP contribution is -2.42. The molecule has 5 nitrogen and oxygen atoms in total. The Kier molecular flexibility index (Phi) is 3.65. The maximum atomic E-state index is 12.2. The van der Waals surface area contributed by atoms with E-state index < -0.39 is 16.1 Å². The van der Waals surface area contributed by atoms with Crippen LogP contribution in [-0.4, -0.2) is 32.4 Å². The molecule has 2 aliphatic rings. The van der Waals surface area contributed by atoms with Crippen molar-refractivity contribution in [3.8, 4) is 0 Å². The molecule has 3 rings (SSSR count). The molecule has 1 aromatic rings. The normalized spacial score (nSPS) is 24.9. The fourth-order valence-electron chi connectivity index (χ4n) is 3.36. The van der Waals surface area contributed by atoms with Crippen LogP contribution in [0.4, 0.5) is 4.79 Å². The quantitative estimate of drug-likeness (QED) is 0.910. The predicted molar refractivity (Wildman–Crippen MR) is 79.3 cm³/mol. The number of aryl methyl sites for hydroxylation is 1. The van der Waals surface area contributed by atoms with Gasteiger partial charge in [0.15, 0.2) is 0 Å². The highest BCUT2D eigenvalue weighted by Crippen LogP contribution is 2.37. The van der Waals surface area contributed by atoms with Gasteiger partial charge in [0, 0.05) is 13.1 Å². The Labute approximate surface area is 125 Å². The molecule has 1 aliphatic carbocycles. The Balaban J connectivity index is 1.68. The maximum Gasteiger partial charge on any atom is 0.331 e. The van der Waals surface area contributed by atoms with Gasteiger partial charge in [-0.1, -0.05) is 24.1 Å². The van der Waals surface area contributed by atoms with Gasteiger partial charge in [-0.3, -0.25) is 0 Å². The monoisotopic (exact) mass is 308 g/mol. The van der Waals surface area contributed by atoms with Crippen molar-refractivity contribution >= 4 is 16.1 Å². The average Bonchev–Trinajstić information content (AvgIpc) is 2.99. The Morgan fingerprint density at radius 2 is 1.71 bits per heavy atom. The number of rotatable bonds is 2. The zero-order chi connectivity index (χ0) is 15.0. The number of urea groups is 1. The average molecular weight is 308 g/mol. The molecule has 0 spiro atoms. The topological polar surface area (TPSA) is 66.5 Å². The Hall–Kier alpha value is -1.56.